The van der Waals surface area contributed by atoms with Gasteiger partial charge >= 0.3 is 0 Å². The molecule has 0 aliphatic rings. The van der Waals surface area contributed by atoms with E-state index < -0.39 is 0 Å². The van der Waals surface area contributed by atoms with E-state index in [-0.39, 0.29) is 5.91 Å². The maximum Gasteiger partial charge on any atom is 0.234 e. The van der Waals surface area contributed by atoms with Crippen LogP contribution in [0.3, 0.4) is 0 Å². The molecule has 3 N–H and O–H groups in total. The monoisotopic (exact) mass is 238 g/mol. The fraction of sp³-hybridized carbons (Fsp3) is 0.417. The van der Waals surface area contributed by atoms with Crippen molar-refractivity contribution >= 4 is 29.0 Å². The Morgan fingerprint density at radius 1 is 1.50 bits per heavy atom. The minimum atomic E-state index is -0.000278. The van der Waals surface area contributed by atoms with Crippen LogP contribution in [0.5, 0.6) is 0 Å². The van der Waals surface area contributed by atoms with E-state index in [1.54, 1.807) is 17.8 Å². The second-order valence-corrected chi connectivity index (χ2v) is 5.51. The molecule has 0 aliphatic carbocycles. The predicted octanol–water partition coefficient (Wildman–Crippen LogP) is 2.66. The molecule has 0 heterocycles. The zero-order chi connectivity index (χ0) is 12.1. The highest BCUT2D eigenvalue weighted by Gasteiger charge is 2.08. The summed E-state index contributed by atoms with van der Waals surface area (Å²) in [6.45, 7) is 6.07. The quantitative estimate of drug-likeness (QED) is 0.793. The van der Waals surface area contributed by atoms with Crippen molar-refractivity contribution in [3.8, 4) is 0 Å². The van der Waals surface area contributed by atoms with E-state index in [0.29, 0.717) is 16.7 Å². The largest absolute Gasteiger partial charge is 0.397 e. The van der Waals surface area contributed by atoms with Crippen LogP contribution in [0.2, 0.25) is 0 Å². The molecule has 3 nitrogen and oxygen atoms in total. The number of nitrogens with two attached hydrogens (primary N) is 1. The number of benzene rings is 1. The summed E-state index contributed by atoms with van der Waals surface area (Å²) in [5, 5.41) is 3.31. The van der Waals surface area contributed by atoms with Crippen molar-refractivity contribution in [1.29, 1.82) is 0 Å². The second kappa shape index (κ2) is 5.80. The molecule has 0 aromatic heterocycles. The molecule has 0 saturated heterocycles. The van der Waals surface area contributed by atoms with Crippen molar-refractivity contribution < 1.29 is 4.79 Å². The lowest BCUT2D eigenvalue weighted by Gasteiger charge is -2.11. The molecule has 16 heavy (non-hydrogen) atoms. The van der Waals surface area contributed by atoms with Crippen molar-refractivity contribution in [1.82, 2.24) is 0 Å². The molecule has 1 aromatic carbocycles. The number of aryl methyl sites for hydroxylation is 1. The Labute approximate surface area is 101 Å². The lowest BCUT2D eigenvalue weighted by molar-refractivity contribution is -0.113. The summed E-state index contributed by atoms with van der Waals surface area (Å²) >= 11 is 1.62. The molecule has 0 aliphatic heterocycles. The summed E-state index contributed by atoms with van der Waals surface area (Å²) < 4.78 is 0. The van der Waals surface area contributed by atoms with Crippen LogP contribution in [-0.4, -0.2) is 16.9 Å². The van der Waals surface area contributed by atoms with Gasteiger partial charge < -0.3 is 11.1 Å². The maximum atomic E-state index is 11.6. The van der Waals surface area contributed by atoms with Crippen LogP contribution in [0.25, 0.3) is 0 Å². The maximum absolute atomic E-state index is 11.6. The van der Waals surface area contributed by atoms with Crippen LogP contribution in [0.15, 0.2) is 18.2 Å². The van der Waals surface area contributed by atoms with Gasteiger partial charge in [0.05, 0.1) is 17.1 Å². The van der Waals surface area contributed by atoms with E-state index in [9.17, 15) is 4.79 Å². The normalized spacial score (nSPS) is 10.5. The number of carbonyl (C=O) groups excluding carboxylic acids is 1. The molecular formula is C12H18N2OS. The molecule has 0 fully saturated rings. The SMILES string of the molecule is Cc1cccc(N)c1NC(=O)CSC(C)C. The number of para-hydroxylation sites is 1. The van der Waals surface area contributed by atoms with Crippen LogP contribution >= 0.6 is 11.8 Å². The number of anilines is 2. The van der Waals surface area contributed by atoms with Crippen molar-refractivity contribution in [2.45, 2.75) is 26.0 Å². The number of rotatable bonds is 4. The van der Waals surface area contributed by atoms with Crippen LogP contribution in [-0.2, 0) is 4.79 Å². The third kappa shape index (κ3) is 3.77. The summed E-state index contributed by atoms with van der Waals surface area (Å²) in [6, 6.07) is 5.60. The van der Waals surface area contributed by atoms with E-state index in [4.69, 9.17) is 5.73 Å². The first-order valence-corrected chi connectivity index (χ1v) is 6.32. The fourth-order valence-corrected chi connectivity index (χ4v) is 1.84. The highest BCUT2D eigenvalue weighted by molar-refractivity contribution is 8.00. The highest BCUT2D eigenvalue weighted by atomic mass is 32.2. The molecule has 88 valence electrons. The van der Waals surface area contributed by atoms with Gasteiger partial charge in [-0.25, -0.2) is 0 Å². The fourth-order valence-electron chi connectivity index (χ4n) is 1.28. The third-order valence-electron chi connectivity index (χ3n) is 2.12. The van der Waals surface area contributed by atoms with Gasteiger partial charge in [-0.1, -0.05) is 26.0 Å². The van der Waals surface area contributed by atoms with Gasteiger partial charge in [0.1, 0.15) is 0 Å². The molecule has 4 heteroatoms. The first-order chi connectivity index (χ1) is 7.50. The van der Waals surface area contributed by atoms with E-state index >= 15 is 0 Å². The van der Waals surface area contributed by atoms with E-state index in [1.807, 2.05) is 19.1 Å². The van der Waals surface area contributed by atoms with Gasteiger partial charge in [0, 0.05) is 0 Å². The Bertz CT molecular complexity index is 357. The summed E-state index contributed by atoms with van der Waals surface area (Å²) in [5.41, 5.74) is 8.14. The minimum absolute atomic E-state index is 0.000278. The van der Waals surface area contributed by atoms with Crippen LogP contribution in [0.1, 0.15) is 19.4 Å². The topological polar surface area (TPSA) is 55.1 Å². The summed E-state index contributed by atoms with van der Waals surface area (Å²) in [6.07, 6.45) is 0. The zero-order valence-corrected chi connectivity index (χ0v) is 10.7. The number of nitrogens with one attached hydrogen (secondary N) is 1. The van der Waals surface area contributed by atoms with Gasteiger partial charge in [-0.2, -0.15) is 0 Å². The minimum Gasteiger partial charge on any atom is -0.397 e. The zero-order valence-electron chi connectivity index (χ0n) is 9.91. The lowest BCUT2D eigenvalue weighted by Crippen LogP contribution is -2.17. The van der Waals surface area contributed by atoms with Gasteiger partial charge in [-0.05, 0) is 23.8 Å². The van der Waals surface area contributed by atoms with E-state index in [1.165, 1.54) is 0 Å². The summed E-state index contributed by atoms with van der Waals surface area (Å²) in [5.74, 6) is 0.463. The second-order valence-electron chi connectivity index (χ2n) is 3.95. The third-order valence-corrected chi connectivity index (χ3v) is 3.21. The van der Waals surface area contributed by atoms with Crippen LogP contribution in [0.4, 0.5) is 11.4 Å². The first-order valence-electron chi connectivity index (χ1n) is 5.27. The van der Waals surface area contributed by atoms with Gasteiger partial charge in [0.25, 0.3) is 0 Å². The lowest BCUT2D eigenvalue weighted by atomic mass is 10.1. The van der Waals surface area contributed by atoms with Crippen molar-refractivity contribution in [3.63, 3.8) is 0 Å². The van der Waals surface area contributed by atoms with E-state index in [0.717, 1.165) is 11.3 Å². The predicted molar refractivity (Wildman–Crippen MR) is 71.8 cm³/mol. The number of hydrogen-bond donors (Lipinski definition) is 2. The smallest absolute Gasteiger partial charge is 0.234 e. The van der Waals surface area contributed by atoms with E-state index in [2.05, 4.69) is 19.2 Å². The van der Waals surface area contributed by atoms with Crippen LogP contribution < -0.4 is 11.1 Å². The van der Waals surface area contributed by atoms with Gasteiger partial charge in [0.15, 0.2) is 0 Å². The molecule has 0 radical (unpaired) electrons. The molecule has 0 unspecified atom stereocenters. The number of hydrogen-bond acceptors (Lipinski definition) is 3. The van der Waals surface area contributed by atoms with Crippen LogP contribution in [0, 0.1) is 6.92 Å². The molecule has 0 bridgehead atoms. The molecule has 1 aromatic rings. The Kier molecular flexibility index (Phi) is 4.68. The summed E-state index contributed by atoms with van der Waals surface area (Å²) in [4.78, 5) is 11.6. The molecule has 0 saturated carbocycles. The molecular weight excluding hydrogens is 220 g/mol. The number of thioether (sulfide) groups is 1. The summed E-state index contributed by atoms with van der Waals surface area (Å²) in [7, 11) is 0. The molecule has 0 spiro atoms. The number of amides is 1. The number of carbonyl (C=O) groups is 1. The van der Waals surface area contributed by atoms with Crippen molar-refractivity contribution in [2.24, 2.45) is 0 Å². The van der Waals surface area contributed by atoms with Crippen molar-refractivity contribution in [3.05, 3.63) is 23.8 Å². The highest BCUT2D eigenvalue weighted by Crippen LogP contribution is 2.22. The van der Waals surface area contributed by atoms with Gasteiger partial charge in [-0.3, -0.25) is 4.79 Å². The Morgan fingerprint density at radius 2 is 2.19 bits per heavy atom. The Morgan fingerprint density at radius 3 is 2.75 bits per heavy atom. The van der Waals surface area contributed by atoms with Gasteiger partial charge in [0.2, 0.25) is 5.91 Å². The standard InChI is InChI=1S/C12H18N2OS/c1-8(2)16-7-11(15)14-12-9(3)5-4-6-10(12)13/h4-6,8H,7,13H2,1-3H3,(H,14,15). The first kappa shape index (κ1) is 12.9. The van der Waals surface area contributed by atoms with Gasteiger partial charge in [-0.15, -0.1) is 11.8 Å². The average Bonchev–Trinajstić information content (AvgIpc) is 2.21. The molecule has 1 rings (SSSR count). The Balaban J connectivity index is 2.63. The molecule has 1 amide bonds. The number of nitrogen functional groups attached to an aromatic ring is 1. The van der Waals surface area contributed by atoms with Crippen molar-refractivity contribution in [2.75, 3.05) is 16.8 Å². The average molecular weight is 238 g/mol. The molecule has 0 atom stereocenters. The Hall–Kier alpha value is -1.16.